The summed E-state index contributed by atoms with van der Waals surface area (Å²) in [5.74, 6) is 0. The van der Waals surface area contributed by atoms with Gasteiger partial charge in [0.05, 0.1) is 5.54 Å². The Balaban J connectivity index is 1.57. The van der Waals surface area contributed by atoms with Crippen molar-refractivity contribution in [2.45, 2.75) is 103 Å². The third kappa shape index (κ3) is 5.06. The minimum atomic E-state index is -0.0278. The Hall–Kier alpha value is -3.23. The van der Waals surface area contributed by atoms with E-state index in [1.165, 1.54) is 41.6 Å². The number of hydrogen-bond donors (Lipinski definition) is 0. The zero-order valence-corrected chi connectivity index (χ0v) is 28.0. The number of hydrogen-bond acceptors (Lipinski definition) is 2. The molecule has 1 aliphatic heterocycles. The molecule has 1 saturated carbocycles. The van der Waals surface area contributed by atoms with Gasteiger partial charge in [-0.1, -0.05) is 115 Å². The number of anilines is 5. The molecule has 0 spiro atoms. The maximum Gasteiger partial charge on any atom is 0.0517 e. The third-order valence-corrected chi connectivity index (χ3v) is 10.6. The summed E-state index contributed by atoms with van der Waals surface area (Å²) in [5.41, 5.74) is 10.0. The van der Waals surface area contributed by atoms with Gasteiger partial charge in [0.2, 0.25) is 0 Å². The summed E-state index contributed by atoms with van der Waals surface area (Å²) in [6.07, 6.45) is 4.88. The van der Waals surface area contributed by atoms with E-state index in [4.69, 9.17) is 11.6 Å². The van der Waals surface area contributed by atoms with Crippen molar-refractivity contribution in [1.29, 1.82) is 0 Å². The van der Waals surface area contributed by atoms with Crippen LogP contribution in [0.2, 0.25) is 5.02 Å². The van der Waals surface area contributed by atoms with E-state index in [0.717, 1.165) is 34.2 Å². The van der Waals surface area contributed by atoms with Crippen molar-refractivity contribution in [3.8, 4) is 0 Å². The lowest BCUT2D eigenvalue weighted by Gasteiger charge is -2.50. The molecule has 0 bridgehead atoms. The molecule has 1 aliphatic carbocycles. The second-order valence-corrected chi connectivity index (χ2v) is 15.7. The van der Waals surface area contributed by atoms with Crippen LogP contribution < -0.4 is 9.80 Å². The minimum absolute atomic E-state index is 0.0278. The van der Waals surface area contributed by atoms with Crippen LogP contribution in [0.25, 0.3) is 0 Å². The highest BCUT2D eigenvalue weighted by molar-refractivity contribution is 6.31. The van der Waals surface area contributed by atoms with Gasteiger partial charge in [-0.05, 0) is 95.8 Å². The van der Waals surface area contributed by atoms with Gasteiger partial charge in [-0.2, -0.15) is 0 Å². The molecule has 0 aromatic heterocycles. The lowest BCUT2D eigenvalue weighted by Crippen LogP contribution is -2.54. The summed E-state index contributed by atoms with van der Waals surface area (Å²) in [6.45, 7) is 18.6. The van der Waals surface area contributed by atoms with Gasteiger partial charge in [-0.25, -0.2) is 0 Å². The van der Waals surface area contributed by atoms with Gasteiger partial charge in [-0.15, -0.1) is 0 Å². The van der Waals surface area contributed by atoms with Gasteiger partial charge in [-0.3, -0.25) is 0 Å². The quantitative estimate of drug-likeness (QED) is 0.233. The summed E-state index contributed by atoms with van der Waals surface area (Å²) in [6, 6.07) is 33.7. The Morgan fingerprint density at radius 1 is 0.651 bits per heavy atom. The van der Waals surface area contributed by atoms with Crippen molar-refractivity contribution in [3.05, 3.63) is 113 Å². The molecule has 43 heavy (non-hydrogen) atoms. The molecule has 0 N–H and O–H groups in total. The van der Waals surface area contributed by atoms with Crippen LogP contribution in [0.4, 0.5) is 28.4 Å². The summed E-state index contributed by atoms with van der Waals surface area (Å²) < 4.78 is 0. The Labute approximate surface area is 264 Å². The minimum Gasteiger partial charge on any atom is -0.334 e. The first-order chi connectivity index (χ1) is 20.2. The van der Waals surface area contributed by atoms with E-state index in [-0.39, 0.29) is 21.8 Å². The van der Waals surface area contributed by atoms with Gasteiger partial charge < -0.3 is 9.80 Å². The van der Waals surface area contributed by atoms with Crippen LogP contribution in [0.3, 0.4) is 0 Å². The fourth-order valence-corrected chi connectivity index (χ4v) is 7.81. The van der Waals surface area contributed by atoms with E-state index in [1.807, 2.05) is 0 Å². The van der Waals surface area contributed by atoms with Crippen LogP contribution in [-0.2, 0) is 16.2 Å². The molecule has 6 rings (SSSR count). The second kappa shape index (κ2) is 10.4. The summed E-state index contributed by atoms with van der Waals surface area (Å²) in [5, 5.41) is 0.752. The Bertz CT molecular complexity index is 1600. The average Bonchev–Trinajstić information content (AvgIpc) is 3.16. The van der Waals surface area contributed by atoms with Gasteiger partial charge in [0.15, 0.2) is 0 Å². The van der Waals surface area contributed by atoms with Gasteiger partial charge in [0.1, 0.15) is 0 Å². The molecular weight excluding hydrogens is 544 g/mol. The van der Waals surface area contributed by atoms with Gasteiger partial charge >= 0.3 is 0 Å². The number of rotatable bonds is 4. The van der Waals surface area contributed by atoms with Crippen LogP contribution in [-0.4, -0.2) is 5.54 Å². The monoisotopic (exact) mass is 590 g/mol. The molecule has 2 aliphatic rings. The van der Waals surface area contributed by atoms with Crippen molar-refractivity contribution in [1.82, 2.24) is 0 Å². The average molecular weight is 591 g/mol. The highest BCUT2D eigenvalue weighted by Crippen LogP contribution is 2.61. The molecule has 1 fully saturated rings. The van der Waals surface area contributed by atoms with E-state index < -0.39 is 0 Å². The largest absolute Gasteiger partial charge is 0.334 e. The van der Waals surface area contributed by atoms with Crippen molar-refractivity contribution < 1.29 is 0 Å². The molecule has 0 amide bonds. The van der Waals surface area contributed by atoms with Crippen molar-refractivity contribution in [2.24, 2.45) is 0 Å². The number of benzene rings is 4. The second-order valence-electron chi connectivity index (χ2n) is 15.3. The summed E-state index contributed by atoms with van der Waals surface area (Å²) in [7, 11) is 0. The standard InChI is InChI=1S/C40H47ClN2/c1-37(2,3)28-15-13-17-31(23-28)42(32-18-14-16-29(24-32)38(4,5)6)33-25-30(41)26-34(27-33)43-36-20-10-9-19-35(36)39(7)21-11-12-22-40(39,43)8/h9-10,13-20,23-27H,11-12,21-22H2,1-8H3. The molecule has 2 unspecified atom stereocenters. The molecule has 2 nitrogen and oxygen atoms in total. The highest BCUT2D eigenvalue weighted by Gasteiger charge is 2.57. The van der Waals surface area contributed by atoms with Crippen molar-refractivity contribution in [2.75, 3.05) is 9.80 Å². The Morgan fingerprint density at radius 3 is 1.84 bits per heavy atom. The first kappa shape index (κ1) is 29.8. The molecule has 0 radical (unpaired) electrons. The normalized spacial score (nSPS) is 21.8. The van der Waals surface area contributed by atoms with E-state index in [0.29, 0.717) is 0 Å². The Kier molecular flexibility index (Phi) is 7.24. The molecule has 4 aromatic rings. The zero-order valence-electron chi connectivity index (χ0n) is 27.3. The lowest BCUT2D eigenvalue weighted by molar-refractivity contribution is 0.195. The number of fused-ring (bicyclic) bond motifs is 3. The summed E-state index contributed by atoms with van der Waals surface area (Å²) >= 11 is 7.08. The van der Waals surface area contributed by atoms with Crippen LogP contribution in [0, 0.1) is 0 Å². The fraction of sp³-hybridized carbons (Fsp3) is 0.400. The first-order valence-corrected chi connectivity index (χ1v) is 16.3. The molecule has 1 heterocycles. The predicted octanol–water partition coefficient (Wildman–Crippen LogP) is 12.1. The molecule has 224 valence electrons. The SMILES string of the molecule is CC(C)(C)c1cccc(N(c2cc(Cl)cc(N3c4ccccc4C4(C)CCCCC34C)c2)c2cccc(C(C)(C)C)c2)c1. The zero-order chi connectivity index (χ0) is 30.8. The molecule has 3 heteroatoms. The summed E-state index contributed by atoms with van der Waals surface area (Å²) in [4.78, 5) is 5.01. The molecule has 2 atom stereocenters. The fourth-order valence-electron chi connectivity index (χ4n) is 7.59. The van der Waals surface area contributed by atoms with E-state index in [2.05, 4.69) is 156 Å². The van der Waals surface area contributed by atoms with Gasteiger partial charge in [0.25, 0.3) is 0 Å². The van der Waals surface area contributed by atoms with Crippen LogP contribution in [0.1, 0.15) is 97.8 Å². The van der Waals surface area contributed by atoms with Crippen molar-refractivity contribution in [3.63, 3.8) is 0 Å². The van der Waals surface area contributed by atoms with E-state index in [9.17, 15) is 0 Å². The maximum atomic E-state index is 7.08. The number of halogens is 1. The molecule has 0 saturated heterocycles. The molecular formula is C40H47ClN2. The maximum absolute atomic E-state index is 7.08. The van der Waals surface area contributed by atoms with E-state index >= 15 is 0 Å². The Morgan fingerprint density at radius 2 is 1.23 bits per heavy atom. The number of para-hydroxylation sites is 1. The number of nitrogens with zero attached hydrogens (tertiary/aromatic N) is 2. The van der Waals surface area contributed by atoms with Crippen LogP contribution in [0.15, 0.2) is 91.0 Å². The van der Waals surface area contributed by atoms with E-state index in [1.54, 1.807) is 0 Å². The van der Waals surface area contributed by atoms with Gasteiger partial charge in [0, 0.05) is 38.9 Å². The smallest absolute Gasteiger partial charge is 0.0517 e. The third-order valence-electron chi connectivity index (χ3n) is 10.3. The predicted molar refractivity (Wildman–Crippen MR) is 186 cm³/mol. The van der Waals surface area contributed by atoms with Crippen molar-refractivity contribution >= 4 is 40.0 Å². The molecule has 4 aromatic carbocycles. The first-order valence-electron chi connectivity index (χ1n) is 15.9. The lowest BCUT2D eigenvalue weighted by atomic mass is 9.61. The van der Waals surface area contributed by atoms with Crippen LogP contribution in [0.5, 0.6) is 0 Å². The topological polar surface area (TPSA) is 6.48 Å². The highest BCUT2D eigenvalue weighted by atomic mass is 35.5. The van der Waals surface area contributed by atoms with Crippen LogP contribution >= 0.6 is 11.6 Å².